The molecule has 0 spiro atoms. The highest BCUT2D eigenvalue weighted by Gasteiger charge is 2.37. The molecule has 4 rings (SSSR count). The molecule has 23 heavy (non-hydrogen) atoms. The number of halogens is 1. The molecule has 1 aliphatic heterocycles. The van der Waals surface area contributed by atoms with E-state index in [9.17, 15) is 4.79 Å². The lowest BCUT2D eigenvalue weighted by Gasteiger charge is -2.15. The van der Waals surface area contributed by atoms with Gasteiger partial charge in [0, 0.05) is 24.3 Å². The van der Waals surface area contributed by atoms with Crippen LogP contribution in [0.3, 0.4) is 0 Å². The minimum atomic E-state index is 0.110. The molecule has 2 aromatic rings. The van der Waals surface area contributed by atoms with Crippen molar-refractivity contribution >= 4 is 17.5 Å². The largest absolute Gasteiger partial charge is 0.338 e. The van der Waals surface area contributed by atoms with Gasteiger partial charge >= 0.3 is 0 Å². The molecule has 1 saturated heterocycles. The van der Waals surface area contributed by atoms with Crippen molar-refractivity contribution < 1.29 is 4.79 Å². The van der Waals surface area contributed by atoms with E-state index in [0.717, 1.165) is 41.9 Å². The fraction of sp³-hybridized carbons (Fsp3) is 0.444. The van der Waals surface area contributed by atoms with Crippen molar-refractivity contribution in [3.63, 3.8) is 0 Å². The van der Waals surface area contributed by atoms with E-state index < -0.39 is 0 Å². The smallest absolute Gasteiger partial charge is 0.257 e. The highest BCUT2D eigenvalue weighted by molar-refractivity contribution is 6.31. The maximum Gasteiger partial charge on any atom is 0.257 e. The van der Waals surface area contributed by atoms with Gasteiger partial charge in [0.1, 0.15) is 0 Å². The average molecular weight is 330 g/mol. The molecule has 1 aromatic carbocycles. The lowest BCUT2D eigenvalue weighted by Crippen LogP contribution is -2.28. The lowest BCUT2D eigenvalue weighted by molar-refractivity contribution is 0.0785. The Labute approximate surface area is 141 Å². The standard InChI is InChI=1S/C18H20ClN3O/c19-17-4-2-1-3-15(17)11-22-12-16(9-20-22)18(23)21-8-7-14(10-21)13-5-6-13/h1-4,9,12-14H,5-8,10-11H2. The van der Waals surface area contributed by atoms with Gasteiger partial charge in [-0.15, -0.1) is 0 Å². The molecule has 2 heterocycles. The van der Waals surface area contributed by atoms with E-state index in [2.05, 4.69) is 5.10 Å². The van der Waals surface area contributed by atoms with E-state index in [1.807, 2.05) is 35.4 Å². The second-order valence-corrected chi connectivity index (χ2v) is 7.06. The first kappa shape index (κ1) is 14.8. The molecular weight excluding hydrogens is 310 g/mol. The van der Waals surface area contributed by atoms with Crippen molar-refractivity contribution in [2.45, 2.75) is 25.8 Å². The van der Waals surface area contributed by atoms with Crippen molar-refractivity contribution in [3.05, 3.63) is 52.8 Å². The number of nitrogens with zero attached hydrogens (tertiary/aromatic N) is 3. The van der Waals surface area contributed by atoms with Crippen molar-refractivity contribution in [2.24, 2.45) is 11.8 Å². The molecule has 5 heteroatoms. The van der Waals surface area contributed by atoms with E-state index in [0.29, 0.717) is 12.1 Å². The first-order chi connectivity index (χ1) is 11.2. The van der Waals surface area contributed by atoms with E-state index in [-0.39, 0.29) is 5.91 Å². The van der Waals surface area contributed by atoms with Gasteiger partial charge in [0.25, 0.3) is 5.91 Å². The van der Waals surface area contributed by atoms with Crippen LogP contribution in [0.5, 0.6) is 0 Å². The normalized spacial score (nSPS) is 20.9. The number of carbonyl (C=O) groups is 1. The van der Waals surface area contributed by atoms with E-state index in [4.69, 9.17) is 11.6 Å². The van der Waals surface area contributed by atoms with Gasteiger partial charge in [0.15, 0.2) is 0 Å². The maximum absolute atomic E-state index is 12.6. The monoisotopic (exact) mass is 329 g/mol. The Morgan fingerprint density at radius 3 is 2.83 bits per heavy atom. The fourth-order valence-corrected chi connectivity index (χ4v) is 3.66. The van der Waals surface area contributed by atoms with Gasteiger partial charge in [0.05, 0.1) is 18.3 Å². The predicted octanol–water partition coefficient (Wildman–Crippen LogP) is 3.46. The Morgan fingerprint density at radius 2 is 2.04 bits per heavy atom. The van der Waals surface area contributed by atoms with Crippen LogP contribution < -0.4 is 0 Å². The SMILES string of the molecule is O=C(c1cnn(Cc2ccccc2Cl)c1)N1CCC(C2CC2)C1. The zero-order chi connectivity index (χ0) is 15.8. The van der Waals surface area contributed by atoms with Crippen LogP contribution in [0.2, 0.25) is 5.02 Å². The third-order valence-electron chi connectivity index (χ3n) is 4.97. The number of amides is 1. The fourth-order valence-electron chi connectivity index (χ4n) is 3.47. The van der Waals surface area contributed by atoms with Gasteiger partial charge in [-0.25, -0.2) is 0 Å². The summed E-state index contributed by atoms with van der Waals surface area (Å²) in [7, 11) is 0. The number of likely N-dealkylation sites (tertiary alicyclic amines) is 1. The molecule has 0 bridgehead atoms. The number of hydrogen-bond donors (Lipinski definition) is 0. The number of carbonyl (C=O) groups excluding carboxylic acids is 1. The molecule has 1 aromatic heterocycles. The molecule has 1 atom stereocenters. The zero-order valence-corrected chi connectivity index (χ0v) is 13.7. The van der Waals surface area contributed by atoms with Gasteiger partial charge < -0.3 is 4.90 Å². The number of aromatic nitrogens is 2. The van der Waals surface area contributed by atoms with Crippen molar-refractivity contribution in [1.29, 1.82) is 0 Å². The molecule has 1 unspecified atom stereocenters. The molecule has 0 N–H and O–H groups in total. The van der Waals surface area contributed by atoms with Crippen LogP contribution in [0.1, 0.15) is 35.2 Å². The first-order valence-corrected chi connectivity index (χ1v) is 8.63. The number of benzene rings is 1. The summed E-state index contributed by atoms with van der Waals surface area (Å²) in [6.45, 7) is 2.38. The van der Waals surface area contributed by atoms with Crippen LogP contribution in [0.25, 0.3) is 0 Å². The summed E-state index contributed by atoms with van der Waals surface area (Å²) in [5.74, 6) is 1.70. The summed E-state index contributed by atoms with van der Waals surface area (Å²) in [6.07, 6.45) is 7.36. The summed E-state index contributed by atoms with van der Waals surface area (Å²) in [5, 5.41) is 5.05. The van der Waals surface area contributed by atoms with Crippen LogP contribution in [-0.4, -0.2) is 33.7 Å². The molecule has 1 amide bonds. The van der Waals surface area contributed by atoms with Crippen LogP contribution in [-0.2, 0) is 6.54 Å². The predicted molar refractivity (Wildman–Crippen MR) is 89.5 cm³/mol. The average Bonchev–Trinajstić information content (AvgIpc) is 3.11. The first-order valence-electron chi connectivity index (χ1n) is 8.26. The van der Waals surface area contributed by atoms with Gasteiger partial charge in [-0.2, -0.15) is 5.10 Å². The minimum absolute atomic E-state index is 0.110. The Bertz CT molecular complexity index is 723. The van der Waals surface area contributed by atoms with Crippen molar-refractivity contribution in [3.8, 4) is 0 Å². The Hall–Kier alpha value is -1.81. The molecule has 0 radical (unpaired) electrons. The summed E-state index contributed by atoms with van der Waals surface area (Å²) < 4.78 is 1.78. The second-order valence-electron chi connectivity index (χ2n) is 6.66. The third-order valence-corrected chi connectivity index (χ3v) is 5.34. The summed E-state index contributed by atoms with van der Waals surface area (Å²) in [5.41, 5.74) is 1.68. The zero-order valence-electron chi connectivity index (χ0n) is 13.0. The molecular formula is C18H20ClN3O. The molecule has 4 nitrogen and oxygen atoms in total. The molecule has 2 fully saturated rings. The van der Waals surface area contributed by atoms with Crippen molar-refractivity contribution in [2.75, 3.05) is 13.1 Å². The minimum Gasteiger partial charge on any atom is -0.338 e. The van der Waals surface area contributed by atoms with Gasteiger partial charge in [-0.3, -0.25) is 9.48 Å². The van der Waals surface area contributed by atoms with E-state index in [1.165, 1.54) is 12.8 Å². The number of rotatable bonds is 4. The molecule has 2 aliphatic rings. The highest BCUT2D eigenvalue weighted by Crippen LogP contribution is 2.41. The Morgan fingerprint density at radius 1 is 1.22 bits per heavy atom. The van der Waals surface area contributed by atoms with Crippen molar-refractivity contribution in [1.82, 2.24) is 14.7 Å². The van der Waals surface area contributed by atoms with Gasteiger partial charge in [-0.1, -0.05) is 29.8 Å². The molecule has 1 aliphatic carbocycles. The quantitative estimate of drug-likeness (QED) is 0.861. The number of hydrogen-bond acceptors (Lipinski definition) is 2. The van der Waals surface area contributed by atoms with E-state index in [1.54, 1.807) is 10.9 Å². The third kappa shape index (κ3) is 3.13. The Kier molecular flexibility index (Phi) is 3.85. The highest BCUT2D eigenvalue weighted by atomic mass is 35.5. The van der Waals surface area contributed by atoms with Crippen LogP contribution >= 0.6 is 11.6 Å². The molecule has 120 valence electrons. The second kappa shape index (κ2) is 6.00. The van der Waals surface area contributed by atoms with E-state index >= 15 is 0 Å². The summed E-state index contributed by atoms with van der Waals surface area (Å²) in [6, 6.07) is 7.72. The topological polar surface area (TPSA) is 38.1 Å². The maximum atomic E-state index is 12.6. The van der Waals surface area contributed by atoms with Crippen LogP contribution in [0, 0.1) is 11.8 Å². The Balaban J connectivity index is 1.43. The summed E-state index contributed by atoms with van der Waals surface area (Å²) >= 11 is 6.18. The van der Waals surface area contributed by atoms with Crippen LogP contribution in [0.4, 0.5) is 0 Å². The lowest BCUT2D eigenvalue weighted by atomic mass is 10.0. The van der Waals surface area contributed by atoms with Crippen LogP contribution in [0.15, 0.2) is 36.7 Å². The van der Waals surface area contributed by atoms with Gasteiger partial charge in [0.2, 0.25) is 0 Å². The molecule has 1 saturated carbocycles. The van der Waals surface area contributed by atoms with Gasteiger partial charge in [-0.05, 0) is 42.7 Å². The summed E-state index contributed by atoms with van der Waals surface area (Å²) in [4.78, 5) is 14.6.